The maximum absolute atomic E-state index is 14.5. The second-order valence-corrected chi connectivity index (χ2v) is 10.2. The molecule has 1 aliphatic carbocycles. The highest BCUT2D eigenvalue weighted by molar-refractivity contribution is 6.31. The zero-order valence-corrected chi connectivity index (χ0v) is 22.0. The SMILES string of the molecule is COc1cc2ncnc(Nc3cccc(Cl)c3F)c2cc1O[C@H]1CC[C@@H](N2CC[C@H]2C(=O)N(C)C)CC1. The van der Waals surface area contributed by atoms with E-state index >= 15 is 0 Å². The minimum atomic E-state index is -0.547. The first-order valence-electron chi connectivity index (χ1n) is 12.5. The van der Waals surface area contributed by atoms with E-state index in [2.05, 4.69) is 20.2 Å². The fourth-order valence-corrected chi connectivity index (χ4v) is 5.40. The quantitative estimate of drug-likeness (QED) is 0.462. The number of hydrogen-bond acceptors (Lipinski definition) is 7. The van der Waals surface area contributed by atoms with E-state index in [0.717, 1.165) is 38.6 Å². The molecule has 1 aliphatic heterocycles. The predicted octanol–water partition coefficient (Wildman–Crippen LogP) is 5.03. The van der Waals surface area contributed by atoms with Crippen LogP contribution in [0.1, 0.15) is 32.1 Å². The van der Waals surface area contributed by atoms with Crippen LogP contribution in [0.2, 0.25) is 5.02 Å². The summed E-state index contributed by atoms with van der Waals surface area (Å²) in [5, 5.41) is 3.74. The standard InChI is InChI=1S/C27H31ClFN5O3/c1-33(2)27(35)22-11-12-34(22)16-7-9-17(10-8-16)37-24-13-18-21(14-23(24)36-3)30-15-31-26(18)32-20-6-4-5-19(28)25(20)29/h4-6,13-17,22H,7-12H2,1-3H3,(H,30,31,32)/t16-,17+,22-/m0/s1. The Balaban J connectivity index is 1.32. The van der Waals surface area contributed by atoms with Gasteiger partial charge in [-0.25, -0.2) is 14.4 Å². The van der Waals surface area contributed by atoms with Crippen LogP contribution in [0.5, 0.6) is 11.5 Å². The molecule has 37 heavy (non-hydrogen) atoms. The van der Waals surface area contributed by atoms with Crippen LogP contribution >= 0.6 is 11.6 Å². The molecule has 0 unspecified atom stereocenters. The van der Waals surface area contributed by atoms with Crippen molar-refractivity contribution >= 4 is 39.9 Å². The Morgan fingerprint density at radius 2 is 1.92 bits per heavy atom. The van der Waals surface area contributed by atoms with Crippen molar-refractivity contribution in [3.05, 3.63) is 47.5 Å². The number of rotatable bonds is 7. The van der Waals surface area contributed by atoms with Gasteiger partial charge in [-0.15, -0.1) is 0 Å². The molecule has 1 saturated heterocycles. The summed E-state index contributed by atoms with van der Waals surface area (Å²) in [7, 11) is 5.23. The van der Waals surface area contributed by atoms with Gasteiger partial charge in [0.1, 0.15) is 12.1 Å². The molecule has 2 heterocycles. The number of likely N-dealkylation sites (tertiary alicyclic amines) is 1. The molecule has 3 aromatic rings. The Morgan fingerprint density at radius 3 is 2.59 bits per heavy atom. The highest BCUT2D eigenvalue weighted by atomic mass is 35.5. The van der Waals surface area contributed by atoms with Gasteiger partial charge in [0.15, 0.2) is 17.3 Å². The van der Waals surface area contributed by atoms with Gasteiger partial charge in [0.2, 0.25) is 5.91 Å². The van der Waals surface area contributed by atoms with Gasteiger partial charge in [-0.1, -0.05) is 17.7 Å². The van der Waals surface area contributed by atoms with Gasteiger partial charge in [-0.3, -0.25) is 9.69 Å². The lowest BCUT2D eigenvalue weighted by Gasteiger charge is -2.47. The average Bonchev–Trinajstić information content (AvgIpc) is 2.87. The molecule has 1 N–H and O–H groups in total. The molecule has 0 bridgehead atoms. The Hall–Kier alpha value is -3.17. The molecule has 0 spiro atoms. The summed E-state index contributed by atoms with van der Waals surface area (Å²) in [5.41, 5.74) is 0.864. The van der Waals surface area contributed by atoms with Crippen LogP contribution in [0, 0.1) is 5.82 Å². The molecule has 2 aliphatic rings. The monoisotopic (exact) mass is 527 g/mol. The van der Waals surface area contributed by atoms with Crippen LogP contribution in [-0.4, -0.2) is 71.6 Å². The van der Waals surface area contributed by atoms with Crippen LogP contribution in [0.25, 0.3) is 10.9 Å². The fourth-order valence-electron chi connectivity index (χ4n) is 5.23. The Kier molecular flexibility index (Phi) is 7.35. The van der Waals surface area contributed by atoms with E-state index in [1.807, 2.05) is 20.2 Å². The van der Waals surface area contributed by atoms with E-state index < -0.39 is 5.82 Å². The Labute approximate surface area is 220 Å². The number of likely N-dealkylation sites (N-methyl/N-ethyl adjacent to an activating group) is 1. The second kappa shape index (κ2) is 10.7. The zero-order valence-electron chi connectivity index (χ0n) is 21.2. The van der Waals surface area contributed by atoms with Crippen molar-refractivity contribution < 1.29 is 18.7 Å². The highest BCUT2D eigenvalue weighted by Gasteiger charge is 2.40. The molecule has 1 amide bonds. The third-order valence-electron chi connectivity index (χ3n) is 7.32. The maximum atomic E-state index is 14.5. The third kappa shape index (κ3) is 5.15. The molecule has 1 aromatic heterocycles. The number of carbonyl (C=O) groups is 1. The summed E-state index contributed by atoms with van der Waals surface area (Å²) in [6, 6.07) is 8.81. The van der Waals surface area contributed by atoms with Crippen LogP contribution in [0.4, 0.5) is 15.9 Å². The first kappa shape index (κ1) is 25.5. The number of anilines is 2. The summed E-state index contributed by atoms with van der Waals surface area (Å²) in [6.07, 6.45) is 6.09. The van der Waals surface area contributed by atoms with E-state index in [1.54, 1.807) is 30.2 Å². The largest absolute Gasteiger partial charge is 0.493 e. The number of ether oxygens (including phenoxy) is 2. The second-order valence-electron chi connectivity index (χ2n) is 9.79. The molecule has 196 valence electrons. The molecule has 8 nitrogen and oxygen atoms in total. The summed E-state index contributed by atoms with van der Waals surface area (Å²) < 4.78 is 26.5. The lowest BCUT2D eigenvalue weighted by molar-refractivity contribution is -0.141. The number of fused-ring (bicyclic) bond motifs is 1. The molecule has 0 radical (unpaired) electrons. The van der Waals surface area contributed by atoms with E-state index in [9.17, 15) is 9.18 Å². The van der Waals surface area contributed by atoms with Gasteiger partial charge < -0.3 is 19.7 Å². The molecule has 2 aromatic carbocycles. The number of methoxy groups -OCH3 is 1. The van der Waals surface area contributed by atoms with E-state index in [-0.39, 0.29) is 28.8 Å². The fraction of sp³-hybridized carbons (Fsp3) is 0.444. The number of nitrogens with zero attached hydrogens (tertiary/aromatic N) is 4. The van der Waals surface area contributed by atoms with Crippen molar-refractivity contribution in [1.29, 1.82) is 0 Å². The van der Waals surface area contributed by atoms with Crippen LogP contribution in [0.15, 0.2) is 36.7 Å². The van der Waals surface area contributed by atoms with Crippen molar-refractivity contribution in [3.63, 3.8) is 0 Å². The number of benzene rings is 2. The summed E-state index contributed by atoms with van der Waals surface area (Å²) in [4.78, 5) is 25.2. The minimum absolute atomic E-state index is 0.00769. The zero-order chi connectivity index (χ0) is 26.1. The molecular formula is C27H31ClFN5O3. The topological polar surface area (TPSA) is 79.8 Å². The predicted molar refractivity (Wildman–Crippen MR) is 141 cm³/mol. The van der Waals surface area contributed by atoms with Crippen LogP contribution < -0.4 is 14.8 Å². The number of hydrogen-bond donors (Lipinski definition) is 1. The molecule has 2 fully saturated rings. The van der Waals surface area contributed by atoms with Crippen LogP contribution in [-0.2, 0) is 4.79 Å². The van der Waals surface area contributed by atoms with Gasteiger partial charge in [0.05, 0.1) is 35.5 Å². The smallest absolute Gasteiger partial charge is 0.239 e. The van der Waals surface area contributed by atoms with Gasteiger partial charge in [-0.2, -0.15) is 0 Å². The van der Waals surface area contributed by atoms with Crippen molar-refractivity contribution in [1.82, 2.24) is 19.8 Å². The van der Waals surface area contributed by atoms with Gasteiger partial charge >= 0.3 is 0 Å². The van der Waals surface area contributed by atoms with Gasteiger partial charge in [0.25, 0.3) is 0 Å². The van der Waals surface area contributed by atoms with Gasteiger partial charge in [0, 0.05) is 38.1 Å². The Morgan fingerprint density at radius 1 is 1.14 bits per heavy atom. The summed E-state index contributed by atoms with van der Waals surface area (Å²) >= 11 is 5.95. The lowest BCUT2D eigenvalue weighted by Crippen LogP contribution is -2.60. The van der Waals surface area contributed by atoms with E-state index in [4.69, 9.17) is 21.1 Å². The van der Waals surface area contributed by atoms with Gasteiger partial charge in [-0.05, 0) is 50.3 Å². The van der Waals surface area contributed by atoms with Crippen LogP contribution in [0.3, 0.4) is 0 Å². The van der Waals surface area contributed by atoms with Crippen molar-refractivity contribution in [3.8, 4) is 11.5 Å². The number of aromatic nitrogens is 2. The van der Waals surface area contributed by atoms with Crippen molar-refractivity contribution in [2.45, 2.75) is 50.3 Å². The Bertz CT molecular complexity index is 1300. The normalized spacial score (nSPS) is 21.8. The first-order chi connectivity index (χ1) is 17.9. The number of nitrogens with one attached hydrogen (secondary N) is 1. The average molecular weight is 528 g/mol. The molecular weight excluding hydrogens is 497 g/mol. The van der Waals surface area contributed by atoms with Crippen molar-refractivity contribution in [2.24, 2.45) is 0 Å². The minimum Gasteiger partial charge on any atom is -0.493 e. The van der Waals surface area contributed by atoms with E-state index in [0.29, 0.717) is 34.3 Å². The molecule has 5 rings (SSSR count). The summed E-state index contributed by atoms with van der Waals surface area (Å²) in [5.74, 6) is 1.25. The lowest BCUT2D eigenvalue weighted by atomic mass is 9.87. The van der Waals surface area contributed by atoms with E-state index in [1.165, 1.54) is 12.4 Å². The number of halogens is 2. The maximum Gasteiger partial charge on any atom is 0.239 e. The number of carbonyl (C=O) groups excluding carboxylic acids is 1. The highest BCUT2D eigenvalue weighted by Crippen LogP contribution is 2.38. The third-order valence-corrected chi connectivity index (χ3v) is 7.61. The molecule has 10 heteroatoms. The number of amides is 1. The molecule has 1 atom stereocenters. The summed E-state index contributed by atoms with van der Waals surface area (Å²) in [6.45, 7) is 0.974. The molecule has 1 saturated carbocycles. The first-order valence-corrected chi connectivity index (χ1v) is 12.9. The van der Waals surface area contributed by atoms with Crippen molar-refractivity contribution in [2.75, 3.05) is 33.1 Å².